The van der Waals surface area contributed by atoms with Gasteiger partial charge in [-0.25, -0.2) is 4.39 Å². The molecule has 4 rings (SSSR count). The summed E-state index contributed by atoms with van der Waals surface area (Å²) < 4.78 is 51.8. The highest BCUT2D eigenvalue weighted by Gasteiger charge is 2.33. The summed E-state index contributed by atoms with van der Waals surface area (Å²) >= 11 is 0. The predicted octanol–water partition coefficient (Wildman–Crippen LogP) is 7.16. The van der Waals surface area contributed by atoms with E-state index in [4.69, 9.17) is 0 Å². The summed E-state index contributed by atoms with van der Waals surface area (Å²) in [6, 6.07) is 15.3. The van der Waals surface area contributed by atoms with E-state index >= 15 is 0 Å². The largest absolute Gasteiger partial charge is 0.419 e. The molecule has 0 bridgehead atoms. The van der Waals surface area contributed by atoms with Gasteiger partial charge in [0, 0.05) is 11.1 Å². The lowest BCUT2D eigenvalue weighted by Crippen LogP contribution is -2.07. The van der Waals surface area contributed by atoms with Gasteiger partial charge in [0.15, 0.2) is 0 Å². The predicted molar refractivity (Wildman–Crippen MR) is 111 cm³/mol. The third-order valence-corrected chi connectivity index (χ3v) is 5.39. The molecule has 1 aliphatic carbocycles. The first-order chi connectivity index (χ1) is 14.3. The summed E-state index contributed by atoms with van der Waals surface area (Å²) in [5, 5.41) is 0. The minimum absolute atomic E-state index is 0.213. The molecule has 0 heterocycles. The molecule has 0 saturated carbocycles. The van der Waals surface area contributed by atoms with Crippen LogP contribution < -0.4 is 0 Å². The SMILES string of the molecule is CCCCc1ccc2c(c1)Cc1cc(C#Cc3ccc(C(F)(F)F)c(F)c3)ccc1-2. The molecule has 1 aliphatic rings. The topological polar surface area (TPSA) is 0 Å². The number of rotatable bonds is 3. The number of hydrogen-bond acceptors (Lipinski definition) is 0. The smallest absolute Gasteiger partial charge is 0.206 e. The molecule has 152 valence electrons. The molecule has 0 aliphatic heterocycles. The van der Waals surface area contributed by atoms with Crippen LogP contribution in [-0.2, 0) is 19.0 Å². The van der Waals surface area contributed by atoms with E-state index in [0.29, 0.717) is 0 Å². The van der Waals surface area contributed by atoms with E-state index in [-0.39, 0.29) is 5.56 Å². The van der Waals surface area contributed by atoms with E-state index < -0.39 is 17.6 Å². The van der Waals surface area contributed by atoms with Gasteiger partial charge in [0.1, 0.15) is 5.82 Å². The molecular formula is C26H20F4. The molecule has 0 spiro atoms. The van der Waals surface area contributed by atoms with Gasteiger partial charge in [-0.05, 0) is 77.4 Å². The average molecular weight is 408 g/mol. The van der Waals surface area contributed by atoms with Crippen molar-refractivity contribution in [2.45, 2.75) is 38.8 Å². The highest BCUT2D eigenvalue weighted by atomic mass is 19.4. The molecule has 0 saturated heterocycles. The van der Waals surface area contributed by atoms with Gasteiger partial charge in [-0.15, -0.1) is 0 Å². The molecule has 3 aromatic rings. The van der Waals surface area contributed by atoms with Crippen LogP contribution in [-0.4, -0.2) is 0 Å². The van der Waals surface area contributed by atoms with Crippen molar-refractivity contribution in [3.63, 3.8) is 0 Å². The minimum Gasteiger partial charge on any atom is -0.206 e. The fourth-order valence-electron chi connectivity index (χ4n) is 3.85. The van der Waals surface area contributed by atoms with Crippen LogP contribution in [0.25, 0.3) is 11.1 Å². The number of benzene rings is 3. The maximum absolute atomic E-state index is 13.7. The van der Waals surface area contributed by atoms with Crippen LogP contribution in [0.1, 0.15) is 53.1 Å². The van der Waals surface area contributed by atoms with E-state index in [0.717, 1.165) is 30.5 Å². The van der Waals surface area contributed by atoms with Crippen molar-refractivity contribution in [3.8, 4) is 23.0 Å². The summed E-state index contributed by atoms with van der Waals surface area (Å²) in [6.45, 7) is 2.19. The zero-order valence-corrected chi connectivity index (χ0v) is 16.5. The fraction of sp³-hybridized carbons (Fsp3) is 0.231. The molecule has 0 nitrogen and oxygen atoms in total. The van der Waals surface area contributed by atoms with Crippen molar-refractivity contribution >= 4 is 0 Å². The van der Waals surface area contributed by atoms with Crippen LogP contribution in [0.15, 0.2) is 54.6 Å². The number of hydrogen-bond donors (Lipinski definition) is 0. The van der Waals surface area contributed by atoms with Gasteiger partial charge in [0.2, 0.25) is 0 Å². The van der Waals surface area contributed by atoms with Crippen LogP contribution in [0.2, 0.25) is 0 Å². The van der Waals surface area contributed by atoms with E-state index in [1.54, 1.807) is 0 Å². The van der Waals surface area contributed by atoms with Crippen LogP contribution >= 0.6 is 0 Å². The Hall–Kier alpha value is -3.06. The van der Waals surface area contributed by atoms with E-state index in [2.05, 4.69) is 37.0 Å². The van der Waals surface area contributed by atoms with Crippen molar-refractivity contribution in [2.24, 2.45) is 0 Å². The van der Waals surface area contributed by atoms with Gasteiger partial charge in [0.25, 0.3) is 0 Å². The molecule has 4 heteroatoms. The van der Waals surface area contributed by atoms with Crippen LogP contribution in [0.3, 0.4) is 0 Å². The summed E-state index contributed by atoms with van der Waals surface area (Å²) in [6.07, 6.45) is -0.435. The summed E-state index contributed by atoms with van der Waals surface area (Å²) in [5.74, 6) is 4.40. The van der Waals surface area contributed by atoms with Crippen molar-refractivity contribution < 1.29 is 17.6 Å². The number of aryl methyl sites for hydroxylation is 1. The molecule has 3 aromatic carbocycles. The first-order valence-corrected chi connectivity index (χ1v) is 9.99. The molecule has 0 radical (unpaired) electrons. The number of halogens is 4. The lowest BCUT2D eigenvalue weighted by Gasteiger charge is -2.07. The standard InChI is InChI=1S/C26H20F4/c1-2-3-4-17-7-10-22-20(13-17)16-21-14-18(8-11-23(21)22)5-6-19-9-12-24(25(27)15-19)26(28,29)30/h7-15H,2-4,16H2,1H3. The molecule has 0 N–H and O–H groups in total. The highest BCUT2D eigenvalue weighted by molar-refractivity contribution is 5.77. The third-order valence-electron chi connectivity index (χ3n) is 5.39. The second-order valence-electron chi connectivity index (χ2n) is 7.59. The van der Waals surface area contributed by atoms with Crippen molar-refractivity contribution in [1.29, 1.82) is 0 Å². The van der Waals surface area contributed by atoms with Crippen molar-refractivity contribution in [1.82, 2.24) is 0 Å². The molecule has 0 unspecified atom stereocenters. The van der Waals surface area contributed by atoms with Crippen LogP contribution in [0.5, 0.6) is 0 Å². The maximum atomic E-state index is 13.7. The number of fused-ring (bicyclic) bond motifs is 3. The molecule has 30 heavy (non-hydrogen) atoms. The Morgan fingerprint density at radius 2 is 1.47 bits per heavy atom. The van der Waals surface area contributed by atoms with E-state index in [1.165, 1.54) is 46.7 Å². The van der Waals surface area contributed by atoms with Gasteiger partial charge in [-0.3, -0.25) is 0 Å². The van der Waals surface area contributed by atoms with Gasteiger partial charge in [0.05, 0.1) is 5.56 Å². The van der Waals surface area contributed by atoms with E-state index in [9.17, 15) is 17.6 Å². The Bertz CT molecular complexity index is 1160. The second kappa shape index (κ2) is 7.99. The van der Waals surface area contributed by atoms with Crippen molar-refractivity contribution in [3.05, 3.63) is 93.8 Å². The lowest BCUT2D eigenvalue weighted by atomic mass is 10.0. The zero-order valence-electron chi connectivity index (χ0n) is 16.5. The Morgan fingerprint density at radius 3 is 2.13 bits per heavy atom. The maximum Gasteiger partial charge on any atom is 0.419 e. The van der Waals surface area contributed by atoms with Crippen LogP contribution in [0, 0.1) is 17.7 Å². The first kappa shape index (κ1) is 20.2. The second-order valence-corrected chi connectivity index (χ2v) is 7.59. The quantitative estimate of drug-likeness (QED) is 0.249. The molecule has 0 amide bonds. The van der Waals surface area contributed by atoms with Crippen LogP contribution in [0.4, 0.5) is 17.6 Å². The normalized spacial score (nSPS) is 12.2. The Morgan fingerprint density at radius 1 is 0.833 bits per heavy atom. The zero-order chi connectivity index (χ0) is 21.3. The average Bonchev–Trinajstić information content (AvgIpc) is 3.06. The summed E-state index contributed by atoms with van der Waals surface area (Å²) in [4.78, 5) is 0. The van der Waals surface area contributed by atoms with Gasteiger partial charge in [-0.1, -0.05) is 49.5 Å². The van der Waals surface area contributed by atoms with E-state index in [1.807, 2.05) is 18.2 Å². The molecular weight excluding hydrogens is 388 g/mol. The minimum atomic E-state index is -4.71. The molecule has 0 aromatic heterocycles. The number of unbranched alkanes of at least 4 members (excludes halogenated alkanes) is 1. The fourth-order valence-corrected chi connectivity index (χ4v) is 3.85. The monoisotopic (exact) mass is 408 g/mol. The van der Waals surface area contributed by atoms with Gasteiger partial charge in [-0.2, -0.15) is 13.2 Å². The first-order valence-electron chi connectivity index (χ1n) is 9.99. The Labute approximate surface area is 173 Å². The number of alkyl halides is 3. The summed E-state index contributed by atoms with van der Waals surface area (Å²) in [7, 11) is 0. The van der Waals surface area contributed by atoms with Crippen molar-refractivity contribution in [2.75, 3.05) is 0 Å². The van der Waals surface area contributed by atoms with Gasteiger partial charge < -0.3 is 0 Å². The Balaban J connectivity index is 1.56. The molecule has 0 atom stereocenters. The lowest BCUT2D eigenvalue weighted by molar-refractivity contribution is -0.140. The summed E-state index contributed by atoms with van der Waals surface area (Å²) in [5.41, 5.74) is 5.98. The third kappa shape index (κ3) is 4.11. The van der Waals surface area contributed by atoms with Gasteiger partial charge >= 0.3 is 6.18 Å². The Kier molecular flexibility index (Phi) is 5.39. The highest BCUT2D eigenvalue weighted by Crippen LogP contribution is 2.37. The molecule has 0 fully saturated rings.